The minimum Gasteiger partial charge on any atom is -0.391 e. The van der Waals surface area contributed by atoms with Gasteiger partial charge in [-0.2, -0.15) is 0 Å². The van der Waals surface area contributed by atoms with Crippen molar-refractivity contribution < 1.29 is 4.79 Å². The van der Waals surface area contributed by atoms with Crippen LogP contribution in [-0.2, 0) is 4.79 Å². The lowest BCUT2D eigenvalue weighted by molar-refractivity contribution is -0.112. The van der Waals surface area contributed by atoms with E-state index in [0.29, 0.717) is 0 Å². The molecular weight excluding hydrogens is 176 g/mol. The molecule has 1 aromatic carbocycles. The Hall–Kier alpha value is -1.77. The summed E-state index contributed by atoms with van der Waals surface area (Å²) in [5, 5.41) is 5.63. The van der Waals surface area contributed by atoms with Crippen LogP contribution in [0.5, 0.6) is 0 Å². The molecule has 0 spiro atoms. The van der Waals surface area contributed by atoms with E-state index in [1.165, 1.54) is 6.08 Å². The monoisotopic (exact) mass is 190 g/mol. The third-order valence-corrected chi connectivity index (χ3v) is 1.78. The third-order valence-electron chi connectivity index (χ3n) is 1.78. The average molecular weight is 190 g/mol. The summed E-state index contributed by atoms with van der Waals surface area (Å²) in [4.78, 5) is 11.4. The van der Waals surface area contributed by atoms with E-state index in [4.69, 9.17) is 0 Å². The first kappa shape index (κ1) is 10.3. The lowest BCUT2D eigenvalue weighted by Gasteiger charge is -2.02. The van der Waals surface area contributed by atoms with E-state index in [-0.39, 0.29) is 5.91 Å². The number of para-hydroxylation sites is 1. The number of hydrogen-bond donors (Lipinski definition) is 2. The summed E-state index contributed by atoms with van der Waals surface area (Å²) in [5.41, 5.74) is 1.64. The fourth-order valence-electron chi connectivity index (χ4n) is 0.969. The smallest absolute Gasteiger partial charge is 0.250 e. The zero-order valence-corrected chi connectivity index (χ0v) is 8.37. The highest BCUT2D eigenvalue weighted by Crippen LogP contribution is 2.04. The second kappa shape index (κ2) is 5.07. The van der Waals surface area contributed by atoms with Gasteiger partial charge in [-0.15, -0.1) is 0 Å². The first-order valence-corrected chi connectivity index (χ1v) is 4.44. The molecule has 0 radical (unpaired) electrons. The fourth-order valence-corrected chi connectivity index (χ4v) is 0.969. The van der Waals surface area contributed by atoms with E-state index in [9.17, 15) is 4.79 Å². The van der Waals surface area contributed by atoms with Crippen LogP contribution in [0.3, 0.4) is 0 Å². The minimum absolute atomic E-state index is 0.122. The van der Waals surface area contributed by atoms with Crippen molar-refractivity contribution in [2.24, 2.45) is 0 Å². The number of hydrogen-bond acceptors (Lipinski definition) is 2. The molecule has 1 aromatic rings. The molecule has 0 bridgehead atoms. The number of carbonyl (C=O) groups excluding carboxylic acids is 1. The van der Waals surface area contributed by atoms with Crippen LogP contribution in [0.4, 0.5) is 5.69 Å². The van der Waals surface area contributed by atoms with Gasteiger partial charge in [-0.1, -0.05) is 18.2 Å². The van der Waals surface area contributed by atoms with Crippen LogP contribution in [0.15, 0.2) is 42.1 Å². The number of rotatable bonds is 3. The maximum Gasteiger partial charge on any atom is 0.250 e. The molecule has 0 heterocycles. The Labute approximate surface area is 83.8 Å². The first-order valence-electron chi connectivity index (χ1n) is 4.44. The van der Waals surface area contributed by atoms with E-state index in [1.54, 1.807) is 7.05 Å². The van der Waals surface area contributed by atoms with E-state index < -0.39 is 0 Å². The summed E-state index contributed by atoms with van der Waals surface area (Å²) in [5.74, 6) is -0.122. The van der Waals surface area contributed by atoms with Crippen molar-refractivity contribution in [1.82, 2.24) is 5.32 Å². The minimum atomic E-state index is -0.122. The van der Waals surface area contributed by atoms with Gasteiger partial charge in [0.1, 0.15) is 0 Å². The van der Waals surface area contributed by atoms with E-state index in [2.05, 4.69) is 10.6 Å². The van der Waals surface area contributed by atoms with Crippen molar-refractivity contribution in [2.75, 3.05) is 12.4 Å². The number of anilines is 1. The second-order valence-corrected chi connectivity index (χ2v) is 2.93. The number of amides is 1. The fraction of sp³-hybridized carbons (Fsp3) is 0.182. The van der Waals surface area contributed by atoms with Crippen molar-refractivity contribution in [3.63, 3.8) is 0 Å². The summed E-state index contributed by atoms with van der Waals surface area (Å²) in [6.45, 7) is 1.84. The first-order chi connectivity index (χ1) is 6.72. The summed E-state index contributed by atoms with van der Waals surface area (Å²) >= 11 is 0. The molecule has 0 aliphatic carbocycles. The Bertz CT molecular complexity index is 330. The van der Waals surface area contributed by atoms with Crippen LogP contribution in [0, 0.1) is 0 Å². The maximum absolute atomic E-state index is 11.4. The van der Waals surface area contributed by atoms with E-state index >= 15 is 0 Å². The molecule has 0 aliphatic heterocycles. The lowest BCUT2D eigenvalue weighted by Crippen LogP contribution is -2.12. The molecule has 3 nitrogen and oxygen atoms in total. The van der Waals surface area contributed by atoms with Crippen LogP contribution in [0.2, 0.25) is 0 Å². The number of carbonyl (C=O) groups is 1. The third kappa shape index (κ3) is 3.31. The van der Waals surface area contributed by atoms with Crippen LogP contribution in [0.1, 0.15) is 6.92 Å². The summed E-state index contributed by atoms with van der Waals surface area (Å²) in [7, 11) is 1.78. The van der Waals surface area contributed by atoms with E-state index in [1.807, 2.05) is 37.3 Å². The lowest BCUT2D eigenvalue weighted by atomic mass is 10.3. The highest BCUT2D eigenvalue weighted by Gasteiger charge is 1.97. The molecule has 0 atom stereocenters. The molecule has 0 aliphatic rings. The normalized spacial score (nSPS) is 10.9. The van der Waals surface area contributed by atoms with Crippen LogP contribution in [0.25, 0.3) is 0 Å². The van der Waals surface area contributed by atoms with Gasteiger partial charge in [0, 0.05) is 24.5 Å². The molecule has 0 unspecified atom stereocenters. The highest BCUT2D eigenvalue weighted by molar-refractivity contribution is 5.99. The zero-order valence-electron chi connectivity index (χ0n) is 8.37. The molecule has 3 heteroatoms. The van der Waals surface area contributed by atoms with Crippen molar-refractivity contribution in [3.8, 4) is 0 Å². The SMILES string of the molecule is CN/C(C)=C\C(=O)Nc1ccccc1. The Morgan fingerprint density at radius 1 is 1.29 bits per heavy atom. The van der Waals surface area contributed by atoms with Gasteiger partial charge in [0.25, 0.3) is 0 Å². The number of benzene rings is 1. The number of allylic oxidation sites excluding steroid dienone is 1. The molecule has 2 N–H and O–H groups in total. The standard InChI is InChI=1S/C11H14N2O/c1-9(12-2)8-11(14)13-10-6-4-3-5-7-10/h3-8,12H,1-2H3,(H,13,14)/b9-8-. The van der Waals surface area contributed by atoms with Gasteiger partial charge in [-0.05, 0) is 19.1 Å². The number of nitrogens with one attached hydrogen (secondary N) is 2. The van der Waals surface area contributed by atoms with Crippen molar-refractivity contribution in [3.05, 3.63) is 42.1 Å². The molecule has 0 aromatic heterocycles. The molecule has 74 valence electrons. The summed E-state index contributed by atoms with van der Waals surface area (Å²) in [6, 6.07) is 9.36. The van der Waals surface area contributed by atoms with Crippen molar-refractivity contribution in [1.29, 1.82) is 0 Å². The molecule has 0 fully saturated rings. The predicted octanol–water partition coefficient (Wildman–Crippen LogP) is 1.75. The molecule has 1 amide bonds. The molecule has 0 saturated carbocycles. The topological polar surface area (TPSA) is 41.1 Å². The van der Waals surface area contributed by atoms with Gasteiger partial charge >= 0.3 is 0 Å². The molecule has 0 saturated heterocycles. The Morgan fingerprint density at radius 3 is 2.50 bits per heavy atom. The van der Waals surface area contributed by atoms with Gasteiger partial charge < -0.3 is 10.6 Å². The van der Waals surface area contributed by atoms with Gasteiger partial charge in [0.05, 0.1) is 0 Å². The second-order valence-electron chi connectivity index (χ2n) is 2.93. The highest BCUT2D eigenvalue weighted by atomic mass is 16.1. The Balaban J connectivity index is 2.58. The van der Waals surface area contributed by atoms with Crippen LogP contribution >= 0.6 is 0 Å². The molecular formula is C11H14N2O. The summed E-state index contributed by atoms with van der Waals surface area (Å²) in [6.07, 6.45) is 1.52. The van der Waals surface area contributed by atoms with Crippen LogP contribution in [-0.4, -0.2) is 13.0 Å². The van der Waals surface area contributed by atoms with E-state index in [0.717, 1.165) is 11.4 Å². The van der Waals surface area contributed by atoms with Gasteiger partial charge in [-0.25, -0.2) is 0 Å². The van der Waals surface area contributed by atoms with Gasteiger partial charge in [0.2, 0.25) is 5.91 Å². The molecule has 1 rings (SSSR count). The maximum atomic E-state index is 11.4. The largest absolute Gasteiger partial charge is 0.391 e. The van der Waals surface area contributed by atoms with Gasteiger partial charge in [-0.3, -0.25) is 4.79 Å². The molecule has 14 heavy (non-hydrogen) atoms. The Kier molecular flexibility index (Phi) is 3.73. The zero-order chi connectivity index (χ0) is 10.4. The summed E-state index contributed by atoms with van der Waals surface area (Å²) < 4.78 is 0. The predicted molar refractivity (Wildman–Crippen MR) is 57.9 cm³/mol. The Morgan fingerprint density at radius 2 is 1.93 bits per heavy atom. The van der Waals surface area contributed by atoms with Crippen LogP contribution < -0.4 is 10.6 Å². The van der Waals surface area contributed by atoms with Crippen molar-refractivity contribution >= 4 is 11.6 Å². The quantitative estimate of drug-likeness (QED) is 0.713. The average Bonchev–Trinajstić information content (AvgIpc) is 2.19. The van der Waals surface area contributed by atoms with Crippen molar-refractivity contribution in [2.45, 2.75) is 6.92 Å². The van der Waals surface area contributed by atoms with Gasteiger partial charge in [0.15, 0.2) is 0 Å².